The summed E-state index contributed by atoms with van der Waals surface area (Å²) in [5.41, 5.74) is 0.666. The molecule has 0 bridgehead atoms. The summed E-state index contributed by atoms with van der Waals surface area (Å²) in [4.78, 5) is 2.17. The predicted molar refractivity (Wildman–Crippen MR) is 83.7 cm³/mol. The first kappa shape index (κ1) is 16.4. The molecule has 0 unspecified atom stereocenters. The molecule has 1 saturated heterocycles. The molecule has 0 radical (unpaired) electrons. The van der Waals surface area contributed by atoms with E-state index in [2.05, 4.69) is 15.1 Å². The van der Waals surface area contributed by atoms with Crippen molar-refractivity contribution in [1.82, 2.24) is 15.1 Å². The van der Waals surface area contributed by atoms with E-state index in [1.165, 1.54) is 23.9 Å². The van der Waals surface area contributed by atoms with Crippen LogP contribution >= 0.6 is 11.8 Å². The van der Waals surface area contributed by atoms with E-state index < -0.39 is 6.10 Å². The summed E-state index contributed by atoms with van der Waals surface area (Å²) in [6.45, 7) is 3.72. The zero-order valence-corrected chi connectivity index (χ0v) is 13.3. The molecule has 1 aromatic heterocycles. The number of morpholine rings is 1. The smallest absolute Gasteiger partial charge is 0.276 e. The van der Waals surface area contributed by atoms with Crippen molar-refractivity contribution in [2.24, 2.45) is 0 Å². The van der Waals surface area contributed by atoms with Gasteiger partial charge in [0.1, 0.15) is 5.82 Å². The number of rotatable bonds is 6. The third-order valence-corrected chi connectivity index (χ3v) is 4.43. The standard InChI is InChI=1S/C15H18FN3O3S/c16-12-3-1-11(2-4-12)14-17-18-15(22-14)23-10-13(20)9-19-5-7-21-8-6-19/h1-4,13,20H,5-10H2/t13-/m0/s1. The van der Waals surface area contributed by atoms with Gasteiger partial charge in [0, 0.05) is 31.0 Å². The van der Waals surface area contributed by atoms with E-state index in [1.807, 2.05) is 0 Å². The number of halogens is 1. The molecule has 3 rings (SSSR count). The Labute approximate surface area is 137 Å². The topological polar surface area (TPSA) is 71.6 Å². The van der Waals surface area contributed by atoms with Crippen molar-refractivity contribution in [2.75, 3.05) is 38.6 Å². The number of ether oxygens (including phenoxy) is 1. The molecule has 2 aromatic rings. The number of thioether (sulfide) groups is 1. The van der Waals surface area contributed by atoms with Crippen LogP contribution in [0.4, 0.5) is 4.39 Å². The Morgan fingerprint density at radius 2 is 1.96 bits per heavy atom. The summed E-state index contributed by atoms with van der Waals surface area (Å²) < 4.78 is 23.7. The first-order valence-corrected chi connectivity index (χ1v) is 8.39. The van der Waals surface area contributed by atoms with Gasteiger partial charge in [-0.15, -0.1) is 10.2 Å². The number of aliphatic hydroxyl groups excluding tert-OH is 1. The minimum absolute atomic E-state index is 0.311. The number of benzene rings is 1. The van der Waals surface area contributed by atoms with Crippen LogP contribution in [0.3, 0.4) is 0 Å². The molecule has 8 heteroatoms. The highest BCUT2D eigenvalue weighted by Gasteiger charge is 2.16. The molecule has 1 N–H and O–H groups in total. The zero-order chi connectivity index (χ0) is 16.1. The van der Waals surface area contributed by atoms with Crippen molar-refractivity contribution in [3.63, 3.8) is 0 Å². The van der Waals surface area contributed by atoms with Crippen molar-refractivity contribution in [3.05, 3.63) is 30.1 Å². The Kier molecular flexibility index (Phi) is 5.60. The molecule has 1 aliphatic rings. The quantitative estimate of drug-likeness (QED) is 0.803. The predicted octanol–water partition coefficient (Wildman–Crippen LogP) is 1.66. The van der Waals surface area contributed by atoms with Crippen molar-refractivity contribution >= 4 is 11.8 Å². The lowest BCUT2D eigenvalue weighted by atomic mass is 10.2. The second kappa shape index (κ2) is 7.87. The fraction of sp³-hybridized carbons (Fsp3) is 0.467. The first-order chi connectivity index (χ1) is 11.2. The van der Waals surface area contributed by atoms with E-state index in [0.29, 0.717) is 42.2 Å². The summed E-state index contributed by atoms with van der Waals surface area (Å²) >= 11 is 1.31. The molecule has 0 amide bonds. The fourth-order valence-corrected chi connectivity index (χ4v) is 2.96. The Balaban J connectivity index is 1.49. The molecule has 0 saturated carbocycles. The molecule has 124 valence electrons. The minimum Gasteiger partial charge on any atom is -0.411 e. The molecule has 23 heavy (non-hydrogen) atoms. The highest BCUT2D eigenvalue weighted by molar-refractivity contribution is 7.99. The number of nitrogens with zero attached hydrogens (tertiary/aromatic N) is 3. The van der Waals surface area contributed by atoms with Crippen molar-refractivity contribution in [3.8, 4) is 11.5 Å². The van der Waals surface area contributed by atoms with E-state index in [4.69, 9.17) is 9.15 Å². The van der Waals surface area contributed by atoms with Gasteiger partial charge >= 0.3 is 0 Å². The second-order valence-electron chi connectivity index (χ2n) is 5.26. The van der Waals surface area contributed by atoms with E-state index >= 15 is 0 Å². The summed E-state index contributed by atoms with van der Waals surface area (Å²) in [6.07, 6.45) is -0.473. The minimum atomic E-state index is -0.473. The van der Waals surface area contributed by atoms with Crippen molar-refractivity contribution < 1.29 is 18.7 Å². The SMILES string of the molecule is O[C@H](CSc1nnc(-c2ccc(F)cc2)o1)CN1CCOCC1. The van der Waals surface area contributed by atoms with E-state index in [1.54, 1.807) is 12.1 Å². The second-order valence-corrected chi connectivity index (χ2v) is 6.23. The largest absolute Gasteiger partial charge is 0.411 e. The maximum Gasteiger partial charge on any atom is 0.276 e. The molecule has 2 heterocycles. The van der Waals surface area contributed by atoms with Crippen LogP contribution < -0.4 is 0 Å². The van der Waals surface area contributed by atoms with E-state index in [0.717, 1.165) is 13.1 Å². The van der Waals surface area contributed by atoms with Crippen molar-refractivity contribution in [2.45, 2.75) is 11.3 Å². The average Bonchev–Trinajstić information content (AvgIpc) is 3.04. The van der Waals surface area contributed by atoms with Crippen LogP contribution in [0.5, 0.6) is 0 Å². The van der Waals surface area contributed by atoms with Gasteiger partial charge < -0.3 is 14.3 Å². The number of aromatic nitrogens is 2. The molecular weight excluding hydrogens is 321 g/mol. The molecular formula is C15H18FN3O3S. The molecule has 1 aromatic carbocycles. The Morgan fingerprint density at radius 1 is 1.22 bits per heavy atom. The molecule has 1 atom stereocenters. The Bertz CT molecular complexity index is 617. The summed E-state index contributed by atoms with van der Waals surface area (Å²) in [6, 6.07) is 5.87. The average molecular weight is 339 g/mol. The normalized spacial score (nSPS) is 17.3. The molecule has 0 aliphatic carbocycles. The van der Waals surface area contributed by atoms with Crippen molar-refractivity contribution in [1.29, 1.82) is 0 Å². The molecule has 6 nitrogen and oxygen atoms in total. The Morgan fingerprint density at radius 3 is 2.70 bits per heavy atom. The van der Waals surface area contributed by atoms with Crippen LogP contribution in [0.25, 0.3) is 11.5 Å². The third-order valence-electron chi connectivity index (χ3n) is 3.47. The zero-order valence-electron chi connectivity index (χ0n) is 12.5. The van der Waals surface area contributed by atoms with Crippen LogP contribution in [0, 0.1) is 5.82 Å². The maximum absolute atomic E-state index is 12.9. The highest BCUT2D eigenvalue weighted by Crippen LogP contribution is 2.23. The van der Waals surface area contributed by atoms with Crippen LogP contribution in [0.1, 0.15) is 0 Å². The van der Waals surface area contributed by atoms with Gasteiger partial charge in [0.15, 0.2) is 0 Å². The highest BCUT2D eigenvalue weighted by atomic mass is 32.2. The van der Waals surface area contributed by atoms with Crippen LogP contribution in [0.15, 0.2) is 33.9 Å². The van der Waals surface area contributed by atoms with Gasteiger partial charge in [-0.2, -0.15) is 0 Å². The Hall–Kier alpha value is -1.48. The lowest BCUT2D eigenvalue weighted by Crippen LogP contribution is -2.41. The fourth-order valence-electron chi connectivity index (χ4n) is 2.28. The maximum atomic E-state index is 12.9. The lowest BCUT2D eigenvalue weighted by molar-refractivity contribution is 0.0188. The van der Waals surface area contributed by atoms with Gasteiger partial charge in [0.2, 0.25) is 5.89 Å². The van der Waals surface area contributed by atoms with Gasteiger partial charge in [0.05, 0.1) is 19.3 Å². The van der Waals surface area contributed by atoms with Gasteiger partial charge in [0.25, 0.3) is 5.22 Å². The third kappa shape index (κ3) is 4.74. The lowest BCUT2D eigenvalue weighted by Gasteiger charge is -2.28. The van der Waals surface area contributed by atoms with Gasteiger partial charge in [-0.3, -0.25) is 4.90 Å². The number of aliphatic hydroxyl groups is 1. The number of hydrogen-bond donors (Lipinski definition) is 1. The van der Waals surface area contributed by atoms with E-state index in [-0.39, 0.29) is 5.82 Å². The summed E-state index contributed by atoms with van der Waals surface area (Å²) in [5.74, 6) is 0.506. The van der Waals surface area contributed by atoms with Gasteiger partial charge in [-0.25, -0.2) is 4.39 Å². The molecule has 1 fully saturated rings. The number of hydrogen-bond acceptors (Lipinski definition) is 7. The molecule has 1 aliphatic heterocycles. The number of β-amino-alcohol motifs (C(OH)–C–C–N with tert-alkyl or cyclic N) is 1. The van der Waals surface area contributed by atoms with Gasteiger partial charge in [-0.05, 0) is 24.3 Å². The summed E-state index contributed by atoms with van der Waals surface area (Å²) in [5, 5.41) is 18.4. The monoisotopic (exact) mass is 339 g/mol. The molecule has 0 spiro atoms. The van der Waals surface area contributed by atoms with Crippen LogP contribution in [-0.2, 0) is 4.74 Å². The van der Waals surface area contributed by atoms with Crippen LogP contribution in [-0.4, -0.2) is 64.9 Å². The van der Waals surface area contributed by atoms with E-state index in [9.17, 15) is 9.50 Å². The first-order valence-electron chi connectivity index (χ1n) is 7.41. The van der Waals surface area contributed by atoms with Gasteiger partial charge in [-0.1, -0.05) is 11.8 Å². The van der Waals surface area contributed by atoms with Crippen LogP contribution in [0.2, 0.25) is 0 Å². The summed E-state index contributed by atoms with van der Waals surface area (Å²) in [7, 11) is 0.